The van der Waals surface area contributed by atoms with Crippen LogP contribution in [0.25, 0.3) is 0 Å². The van der Waals surface area contributed by atoms with Crippen LogP contribution in [0.2, 0.25) is 10.0 Å². The topological polar surface area (TPSA) is 55.1 Å². The van der Waals surface area contributed by atoms with Gasteiger partial charge in [-0.05, 0) is 24.3 Å². The van der Waals surface area contributed by atoms with E-state index in [9.17, 15) is 4.79 Å². The van der Waals surface area contributed by atoms with Gasteiger partial charge in [-0.1, -0.05) is 41.4 Å². The molecule has 0 atom stereocenters. The lowest BCUT2D eigenvalue weighted by molar-refractivity contribution is 0.102. The molecule has 0 fully saturated rings. The van der Waals surface area contributed by atoms with Crippen molar-refractivity contribution in [1.29, 1.82) is 0 Å². The summed E-state index contributed by atoms with van der Waals surface area (Å²) in [7, 11) is 0. The van der Waals surface area contributed by atoms with Gasteiger partial charge < -0.3 is 11.1 Å². The van der Waals surface area contributed by atoms with Crippen molar-refractivity contribution >= 4 is 40.5 Å². The number of anilines is 2. The lowest BCUT2D eigenvalue weighted by atomic mass is 10.1. The van der Waals surface area contributed by atoms with Gasteiger partial charge >= 0.3 is 0 Å². The first kappa shape index (κ1) is 12.7. The van der Waals surface area contributed by atoms with Gasteiger partial charge in [-0.3, -0.25) is 4.79 Å². The van der Waals surface area contributed by atoms with E-state index in [-0.39, 0.29) is 11.6 Å². The average Bonchev–Trinajstić information content (AvgIpc) is 2.35. The fourth-order valence-electron chi connectivity index (χ4n) is 1.49. The molecule has 1 amide bonds. The van der Waals surface area contributed by atoms with E-state index in [1.165, 1.54) is 0 Å². The first-order valence-electron chi connectivity index (χ1n) is 5.19. The summed E-state index contributed by atoms with van der Waals surface area (Å²) in [6, 6.07) is 11.9. The normalized spacial score (nSPS) is 10.1. The van der Waals surface area contributed by atoms with E-state index in [4.69, 9.17) is 28.9 Å². The zero-order chi connectivity index (χ0) is 13.1. The number of carbonyl (C=O) groups excluding carboxylic acids is 1. The molecular formula is C13H10Cl2N2O. The lowest BCUT2D eigenvalue weighted by Gasteiger charge is -2.09. The van der Waals surface area contributed by atoms with E-state index in [2.05, 4.69) is 5.32 Å². The minimum absolute atomic E-state index is 0.253. The molecule has 5 heteroatoms. The van der Waals surface area contributed by atoms with E-state index in [0.29, 0.717) is 21.3 Å². The van der Waals surface area contributed by atoms with E-state index >= 15 is 0 Å². The SMILES string of the molecule is Nc1c(Cl)cccc1C(=O)Nc1ccccc1Cl. The van der Waals surface area contributed by atoms with Crippen LogP contribution < -0.4 is 11.1 Å². The molecule has 3 N–H and O–H groups in total. The third-order valence-electron chi connectivity index (χ3n) is 2.42. The van der Waals surface area contributed by atoms with Gasteiger partial charge in [0.05, 0.1) is 27.0 Å². The van der Waals surface area contributed by atoms with Gasteiger partial charge in [0.25, 0.3) is 5.91 Å². The lowest BCUT2D eigenvalue weighted by Crippen LogP contribution is -2.14. The highest BCUT2D eigenvalue weighted by Gasteiger charge is 2.12. The third kappa shape index (κ3) is 2.58. The first-order valence-corrected chi connectivity index (χ1v) is 5.95. The molecule has 2 aromatic carbocycles. The van der Waals surface area contributed by atoms with Crippen LogP contribution in [0.5, 0.6) is 0 Å². The second kappa shape index (κ2) is 5.29. The largest absolute Gasteiger partial charge is 0.397 e. The Hall–Kier alpha value is -1.71. The summed E-state index contributed by atoms with van der Waals surface area (Å²) in [5, 5.41) is 3.50. The van der Waals surface area contributed by atoms with Crippen molar-refractivity contribution in [2.24, 2.45) is 0 Å². The van der Waals surface area contributed by atoms with Crippen LogP contribution in [-0.2, 0) is 0 Å². The maximum atomic E-state index is 12.0. The molecule has 0 unspecified atom stereocenters. The number of rotatable bonds is 2. The second-order valence-electron chi connectivity index (χ2n) is 3.64. The van der Waals surface area contributed by atoms with Crippen molar-refractivity contribution in [3.8, 4) is 0 Å². The van der Waals surface area contributed by atoms with Gasteiger partial charge in [0.15, 0.2) is 0 Å². The Morgan fingerprint density at radius 2 is 1.67 bits per heavy atom. The molecule has 0 heterocycles. The van der Waals surface area contributed by atoms with Crippen molar-refractivity contribution in [2.75, 3.05) is 11.1 Å². The van der Waals surface area contributed by atoms with Gasteiger partial charge in [-0.15, -0.1) is 0 Å². The number of hydrogen-bond acceptors (Lipinski definition) is 2. The Morgan fingerprint density at radius 3 is 2.39 bits per heavy atom. The summed E-state index contributed by atoms with van der Waals surface area (Å²) in [5.41, 5.74) is 6.86. The maximum Gasteiger partial charge on any atom is 0.257 e. The van der Waals surface area contributed by atoms with Crippen molar-refractivity contribution in [3.63, 3.8) is 0 Å². The van der Waals surface area contributed by atoms with Crippen LogP contribution in [0.15, 0.2) is 42.5 Å². The summed E-state index contributed by atoms with van der Waals surface area (Å²) in [5.74, 6) is -0.344. The zero-order valence-electron chi connectivity index (χ0n) is 9.28. The fraction of sp³-hybridized carbons (Fsp3) is 0. The number of nitrogens with two attached hydrogens (primary N) is 1. The van der Waals surface area contributed by atoms with Crippen LogP contribution in [0.3, 0.4) is 0 Å². The molecule has 3 nitrogen and oxygen atoms in total. The molecule has 0 aromatic heterocycles. The van der Waals surface area contributed by atoms with E-state index in [1.807, 2.05) is 0 Å². The molecule has 0 saturated carbocycles. The molecule has 0 bridgehead atoms. The maximum absolute atomic E-state index is 12.0. The van der Waals surface area contributed by atoms with Crippen LogP contribution in [-0.4, -0.2) is 5.91 Å². The fourth-order valence-corrected chi connectivity index (χ4v) is 1.84. The molecule has 0 radical (unpaired) electrons. The number of carbonyl (C=O) groups is 1. The highest BCUT2D eigenvalue weighted by Crippen LogP contribution is 2.25. The van der Waals surface area contributed by atoms with E-state index in [0.717, 1.165) is 0 Å². The summed E-state index contributed by atoms with van der Waals surface area (Å²) in [4.78, 5) is 12.0. The second-order valence-corrected chi connectivity index (χ2v) is 4.45. The number of nitrogens with one attached hydrogen (secondary N) is 1. The standard InChI is InChI=1S/C13H10Cl2N2O/c14-9-5-1-2-7-11(9)17-13(18)8-4-3-6-10(15)12(8)16/h1-7H,16H2,(H,17,18). The Bertz CT molecular complexity index is 599. The van der Waals surface area contributed by atoms with Crippen molar-refractivity contribution in [3.05, 3.63) is 58.1 Å². The molecule has 2 rings (SSSR count). The average molecular weight is 281 g/mol. The molecule has 18 heavy (non-hydrogen) atoms. The molecule has 92 valence electrons. The predicted molar refractivity (Wildman–Crippen MR) is 75.3 cm³/mol. The highest BCUT2D eigenvalue weighted by molar-refractivity contribution is 6.35. The Kier molecular flexibility index (Phi) is 3.75. The summed E-state index contributed by atoms with van der Waals surface area (Å²) >= 11 is 11.8. The Labute approximate surface area is 115 Å². The smallest absolute Gasteiger partial charge is 0.257 e. The minimum Gasteiger partial charge on any atom is -0.397 e. The highest BCUT2D eigenvalue weighted by atomic mass is 35.5. The molecule has 0 aliphatic heterocycles. The summed E-state index contributed by atoms with van der Waals surface area (Å²) in [6.07, 6.45) is 0. The van der Waals surface area contributed by atoms with Crippen LogP contribution in [0.1, 0.15) is 10.4 Å². The molecule has 0 spiro atoms. The van der Waals surface area contributed by atoms with Gasteiger partial charge in [0.2, 0.25) is 0 Å². The zero-order valence-corrected chi connectivity index (χ0v) is 10.8. The van der Waals surface area contributed by atoms with Crippen molar-refractivity contribution in [2.45, 2.75) is 0 Å². The number of benzene rings is 2. The van der Waals surface area contributed by atoms with Crippen molar-refractivity contribution in [1.82, 2.24) is 0 Å². The van der Waals surface area contributed by atoms with Crippen LogP contribution in [0, 0.1) is 0 Å². The molecule has 2 aromatic rings. The van der Waals surface area contributed by atoms with Gasteiger partial charge in [-0.2, -0.15) is 0 Å². The molecule has 0 aliphatic rings. The number of para-hydroxylation sites is 2. The number of nitrogen functional groups attached to an aromatic ring is 1. The van der Waals surface area contributed by atoms with E-state index in [1.54, 1.807) is 42.5 Å². The van der Waals surface area contributed by atoms with Gasteiger partial charge in [0.1, 0.15) is 0 Å². The molecule has 0 aliphatic carbocycles. The quantitative estimate of drug-likeness (QED) is 0.822. The third-order valence-corrected chi connectivity index (χ3v) is 3.08. The van der Waals surface area contributed by atoms with Crippen molar-refractivity contribution < 1.29 is 4.79 Å². The molecule has 0 saturated heterocycles. The minimum atomic E-state index is -0.344. The monoisotopic (exact) mass is 280 g/mol. The van der Waals surface area contributed by atoms with Gasteiger partial charge in [0, 0.05) is 0 Å². The van der Waals surface area contributed by atoms with Crippen LogP contribution >= 0.6 is 23.2 Å². The van der Waals surface area contributed by atoms with Crippen LogP contribution in [0.4, 0.5) is 11.4 Å². The summed E-state index contributed by atoms with van der Waals surface area (Å²) < 4.78 is 0. The Balaban J connectivity index is 2.28. The number of hydrogen-bond donors (Lipinski definition) is 2. The predicted octanol–water partition coefficient (Wildman–Crippen LogP) is 3.83. The molecular weight excluding hydrogens is 271 g/mol. The van der Waals surface area contributed by atoms with E-state index < -0.39 is 0 Å². The Morgan fingerprint density at radius 1 is 1.00 bits per heavy atom. The number of amides is 1. The first-order chi connectivity index (χ1) is 8.59. The van der Waals surface area contributed by atoms with Gasteiger partial charge in [-0.25, -0.2) is 0 Å². The number of halogens is 2. The summed E-state index contributed by atoms with van der Waals surface area (Å²) in [6.45, 7) is 0.